The lowest BCUT2D eigenvalue weighted by molar-refractivity contribution is -0.117. The maximum absolute atomic E-state index is 11.8. The van der Waals surface area contributed by atoms with Gasteiger partial charge < -0.3 is 10.1 Å². The Labute approximate surface area is 127 Å². The van der Waals surface area contributed by atoms with Crippen LogP contribution in [0.1, 0.15) is 25.8 Å². The number of nitrogens with zero attached hydrogens (tertiary/aromatic N) is 1. The second-order valence-electron chi connectivity index (χ2n) is 4.43. The van der Waals surface area contributed by atoms with E-state index in [9.17, 15) is 9.59 Å². The third-order valence-corrected chi connectivity index (χ3v) is 3.43. The zero-order valence-electron chi connectivity index (χ0n) is 11.9. The van der Waals surface area contributed by atoms with Gasteiger partial charge in [-0.1, -0.05) is 19.1 Å². The van der Waals surface area contributed by atoms with Crippen molar-refractivity contribution in [2.45, 2.75) is 20.3 Å². The lowest BCUT2D eigenvalue weighted by Crippen LogP contribution is -2.23. The van der Waals surface area contributed by atoms with Crippen LogP contribution < -0.4 is 10.1 Å². The van der Waals surface area contributed by atoms with Crippen molar-refractivity contribution >= 4 is 34.8 Å². The Morgan fingerprint density at radius 1 is 1.48 bits per heavy atom. The van der Waals surface area contributed by atoms with Crippen LogP contribution in [0.4, 0.5) is 0 Å². The number of aliphatic imine (C=N–C) groups is 1. The first-order valence-corrected chi connectivity index (χ1v) is 7.43. The number of amidine groups is 1. The molecule has 110 valence electrons. The Morgan fingerprint density at radius 3 is 3.00 bits per heavy atom. The first-order valence-electron chi connectivity index (χ1n) is 6.61. The Morgan fingerprint density at radius 2 is 2.29 bits per heavy atom. The number of rotatable bonds is 4. The molecule has 0 aromatic heterocycles. The molecule has 0 saturated carbocycles. The van der Waals surface area contributed by atoms with Crippen LogP contribution in [0.2, 0.25) is 0 Å². The SMILES string of the molecule is CCCOc1cccc(/C=C2\SC(NC(C)=O)=NC2=O)c1. The highest BCUT2D eigenvalue weighted by molar-refractivity contribution is 8.18. The van der Waals surface area contributed by atoms with E-state index >= 15 is 0 Å². The van der Waals surface area contributed by atoms with Crippen molar-refractivity contribution < 1.29 is 14.3 Å². The maximum atomic E-state index is 11.8. The summed E-state index contributed by atoms with van der Waals surface area (Å²) in [6.07, 6.45) is 2.68. The van der Waals surface area contributed by atoms with E-state index in [0.29, 0.717) is 16.7 Å². The summed E-state index contributed by atoms with van der Waals surface area (Å²) < 4.78 is 5.55. The van der Waals surface area contributed by atoms with Gasteiger partial charge in [0, 0.05) is 6.92 Å². The fraction of sp³-hybridized carbons (Fsp3) is 0.267. The maximum Gasteiger partial charge on any atom is 0.286 e. The van der Waals surface area contributed by atoms with Crippen LogP contribution in [-0.4, -0.2) is 23.6 Å². The van der Waals surface area contributed by atoms with Crippen molar-refractivity contribution in [3.63, 3.8) is 0 Å². The van der Waals surface area contributed by atoms with Crippen molar-refractivity contribution in [2.75, 3.05) is 6.61 Å². The summed E-state index contributed by atoms with van der Waals surface area (Å²) in [5.41, 5.74) is 0.860. The number of nitrogens with one attached hydrogen (secondary N) is 1. The molecular weight excluding hydrogens is 288 g/mol. The quantitative estimate of drug-likeness (QED) is 0.868. The molecular formula is C15H16N2O3S. The molecule has 0 saturated heterocycles. The highest BCUT2D eigenvalue weighted by Gasteiger charge is 2.22. The Kier molecular flexibility index (Phi) is 5.16. The molecule has 1 aromatic rings. The van der Waals surface area contributed by atoms with Gasteiger partial charge in [0.05, 0.1) is 11.5 Å². The highest BCUT2D eigenvalue weighted by Crippen LogP contribution is 2.28. The molecule has 21 heavy (non-hydrogen) atoms. The summed E-state index contributed by atoms with van der Waals surface area (Å²) in [4.78, 5) is 27.0. The van der Waals surface area contributed by atoms with Gasteiger partial charge in [-0.2, -0.15) is 4.99 Å². The number of hydrogen-bond donors (Lipinski definition) is 1. The molecule has 0 bridgehead atoms. The molecule has 0 atom stereocenters. The number of amides is 2. The van der Waals surface area contributed by atoms with Gasteiger partial charge in [-0.3, -0.25) is 9.59 Å². The minimum atomic E-state index is -0.344. The lowest BCUT2D eigenvalue weighted by Gasteiger charge is -2.05. The van der Waals surface area contributed by atoms with Crippen LogP contribution in [0.25, 0.3) is 6.08 Å². The van der Waals surface area contributed by atoms with Gasteiger partial charge in [-0.25, -0.2) is 0 Å². The van der Waals surface area contributed by atoms with E-state index in [2.05, 4.69) is 10.3 Å². The molecule has 0 unspecified atom stereocenters. The van der Waals surface area contributed by atoms with Gasteiger partial charge in [0.15, 0.2) is 5.17 Å². The van der Waals surface area contributed by atoms with Gasteiger partial charge >= 0.3 is 0 Å². The van der Waals surface area contributed by atoms with Crippen molar-refractivity contribution in [3.05, 3.63) is 34.7 Å². The second kappa shape index (κ2) is 7.08. The number of carbonyl (C=O) groups is 2. The summed E-state index contributed by atoms with van der Waals surface area (Å²) in [7, 11) is 0. The van der Waals surface area contributed by atoms with Crippen molar-refractivity contribution in [1.29, 1.82) is 0 Å². The van der Waals surface area contributed by atoms with E-state index in [1.54, 1.807) is 6.08 Å². The number of thioether (sulfide) groups is 1. The monoisotopic (exact) mass is 304 g/mol. The minimum Gasteiger partial charge on any atom is -0.494 e. The largest absolute Gasteiger partial charge is 0.494 e. The van der Waals surface area contributed by atoms with Crippen molar-refractivity contribution in [1.82, 2.24) is 5.32 Å². The predicted molar refractivity (Wildman–Crippen MR) is 84.1 cm³/mol. The normalized spacial score (nSPS) is 16.0. The third kappa shape index (κ3) is 4.46. The predicted octanol–water partition coefficient (Wildman–Crippen LogP) is 2.58. The topological polar surface area (TPSA) is 67.8 Å². The number of carbonyl (C=O) groups excluding carboxylic acids is 2. The van der Waals surface area contributed by atoms with E-state index in [0.717, 1.165) is 29.5 Å². The van der Waals surface area contributed by atoms with Crippen LogP contribution in [0.3, 0.4) is 0 Å². The molecule has 0 spiro atoms. The second-order valence-corrected chi connectivity index (χ2v) is 5.47. The molecule has 1 aliphatic heterocycles. The summed E-state index contributed by atoms with van der Waals surface area (Å²) in [6, 6.07) is 7.50. The minimum absolute atomic E-state index is 0.245. The summed E-state index contributed by atoms with van der Waals surface area (Å²) in [5, 5.41) is 2.83. The fourth-order valence-electron chi connectivity index (χ4n) is 1.68. The van der Waals surface area contributed by atoms with Crippen LogP contribution in [-0.2, 0) is 9.59 Å². The van der Waals surface area contributed by atoms with Crippen LogP contribution in [0, 0.1) is 0 Å². The molecule has 0 fully saturated rings. The van der Waals surface area contributed by atoms with E-state index in [-0.39, 0.29) is 11.8 Å². The highest BCUT2D eigenvalue weighted by atomic mass is 32.2. The summed E-state index contributed by atoms with van der Waals surface area (Å²) in [6.45, 7) is 4.08. The molecule has 5 nitrogen and oxygen atoms in total. The Hall–Kier alpha value is -2.08. The van der Waals surface area contributed by atoms with Gasteiger partial charge in [-0.15, -0.1) is 0 Å². The van der Waals surface area contributed by atoms with E-state index < -0.39 is 0 Å². The van der Waals surface area contributed by atoms with E-state index in [4.69, 9.17) is 4.74 Å². The van der Waals surface area contributed by atoms with Crippen LogP contribution in [0.15, 0.2) is 34.2 Å². The molecule has 2 amide bonds. The first kappa shape index (κ1) is 15.3. The average molecular weight is 304 g/mol. The van der Waals surface area contributed by atoms with Gasteiger partial charge in [0.25, 0.3) is 5.91 Å². The summed E-state index contributed by atoms with van der Waals surface area (Å²) >= 11 is 1.15. The standard InChI is InChI=1S/C15H16N2O3S/c1-3-7-20-12-6-4-5-11(8-12)9-13-14(19)17-15(21-13)16-10(2)18/h4-6,8-9H,3,7H2,1-2H3,(H,16,17,18,19)/b13-9-. The molecule has 1 aliphatic rings. The lowest BCUT2D eigenvalue weighted by atomic mass is 10.2. The number of hydrogen-bond acceptors (Lipinski definition) is 4. The third-order valence-electron chi connectivity index (χ3n) is 2.53. The molecule has 0 radical (unpaired) electrons. The Balaban J connectivity index is 2.10. The molecule has 1 heterocycles. The number of benzene rings is 1. The molecule has 0 aliphatic carbocycles. The van der Waals surface area contributed by atoms with Crippen LogP contribution in [0.5, 0.6) is 5.75 Å². The number of ether oxygens (including phenoxy) is 1. The zero-order valence-corrected chi connectivity index (χ0v) is 12.7. The van der Waals surface area contributed by atoms with Gasteiger partial charge in [0.1, 0.15) is 5.75 Å². The van der Waals surface area contributed by atoms with Crippen LogP contribution >= 0.6 is 11.8 Å². The first-order chi connectivity index (χ1) is 10.1. The molecule has 1 N–H and O–H groups in total. The van der Waals surface area contributed by atoms with Crippen molar-refractivity contribution in [2.24, 2.45) is 4.99 Å². The fourth-order valence-corrected chi connectivity index (χ4v) is 2.54. The van der Waals surface area contributed by atoms with Gasteiger partial charge in [-0.05, 0) is 42.0 Å². The molecule has 1 aromatic carbocycles. The van der Waals surface area contributed by atoms with Gasteiger partial charge in [0.2, 0.25) is 5.91 Å². The molecule has 6 heteroatoms. The average Bonchev–Trinajstić information content (AvgIpc) is 2.76. The summed E-state index contributed by atoms with van der Waals surface area (Å²) in [5.74, 6) is 0.179. The Bertz CT molecular complexity index is 623. The zero-order chi connectivity index (χ0) is 15.2. The molecule has 2 rings (SSSR count). The van der Waals surface area contributed by atoms with E-state index in [1.807, 2.05) is 31.2 Å². The van der Waals surface area contributed by atoms with Crippen molar-refractivity contribution in [3.8, 4) is 5.75 Å². The smallest absolute Gasteiger partial charge is 0.286 e. The van der Waals surface area contributed by atoms with E-state index in [1.165, 1.54) is 6.92 Å².